The van der Waals surface area contributed by atoms with Crippen molar-refractivity contribution >= 4 is 22.8 Å². The summed E-state index contributed by atoms with van der Waals surface area (Å²) < 4.78 is 47.8. The lowest BCUT2D eigenvalue weighted by Gasteiger charge is -2.31. The van der Waals surface area contributed by atoms with E-state index in [1.54, 1.807) is 25.1 Å². The number of nitrogens with one attached hydrogen (secondary N) is 1. The van der Waals surface area contributed by atoms with Crippen molar-refractivity contribution in [3.8, 4) is 5.75 Å². The van der Waals surface area contributed by atoms with E-state index in [1.165, 1.54) is 25.3 Å². The summed E-state index contributed by atoms with van der Waals surface area (Å²) in [6.45, 7) is 5.82. The summed E-state index contributed by atoms with van der Waals surface area (Å²) in [5.41, 5.74) is -1.23. The number of aromatic amines is 1. The van der Waals surface area contributed by atoms with E-state index in [0.717, 1.165) is 5.56 Å². The molecule has 182 valence electrons. The Labute approximate surface area is 196 Å². The van der Waals surface area contributed by atoms with Crippen molar-refractivity contribution in [2.75, 3.05) is 7.11 Å². The predicted octanol–water partition coefficient (Wildman–Crippen LogP) is 6.24. The van der Waals surface area contributed by atoms with E-state index < -0.39 is 24.1 Å². The monoisotopic (exact) mass is 474 g/mol. The number of aliphatic imine (C=N–C) groups is 1. The number of hydrogen-bond acceptors (Lipinski definition) is 4. The van der Waals surface area contributed by atoms with Crippen LogP contribution in [0.4, 0.5) is 18.9 Å². The number of pyridine rings is 1. The normalized spacial score (nSPS) is 15.1. The van der Waals surface area contributed by atoms with Gasteiger partial charge in [-0.2, -0.15) is 13.2 Å². The number of alkyl halides is 3. The molecule has 0 radical (unpaired) electrons. The first-order chi connectivity index (χ1) is 16.0. The molecule has 1 heterocycles. The number of fused-ring (bicyclic) bond motifs is 1. The van der Waals surface area contributed by atoms with Crippen molar-refractivity contribution in [1.29, 1.82) is 0 Å². The van der Waals surface area contributed by atoms with Crippen LogP contribution in [0.25, 0.3) is 10.9 Å². The molecule has 34 heavy (non-hydrogen) atoms. The Morgan fingerprint density at radius 1 is 1.15 bits per heavy atom. The van der Waals surface area contributed by atoms with Crippen LogP contribution in [-0.4, -0.2) is 35.2 Å². The number of aliphatic hydroxyl groups is 1. The molecule has 2 aromatic carbocycles. The summed E-state index contributed by atoms with van der Waals surface area (Å²) in [7, 11) is 1.48. The molecule has 0 aliphatic rings. The minimum Gasteiger partial charge on any atom is -0.496 e. The molecule has 3 rings (SSSR count). The molecular weight excluding hydrogens is 445 g/mol. The highest BCUT2D eigenvalue weighted by Crippen LogP contribution is 2.42. The zero-order valence-corrected chi connectivity index (χ0v) is 19.6. The lowest BCUT2D eigenvalue weighted by Crippen LogP contribution is -2.47. The Morgan fingerprint density at radius 2 is 1.88 bits per heavy atom. The number of benzene rings is 2. The first-order valence-corrected chi connectivity index (χ1v) is 11.1. The quantitative estimate of drug-likeness (QED) is 0.380. The predicted molar refractivity (Wildman–Crippen MR) is 128 cm³/mol. The van der Waals surface area contributed by atoms with Crippen LogP contribution in [-0.2, 0) is 0 Å². The van der Waals surface area contributed by atoms with E-state index in [1.807, 2.05) is 26.0 Å². The second-order valence-electron chi connectivity index (χ2n) is 8.71. The van der Waals surface area contributed by atoms with Gasteiger partial charge in [-0.3, -0.25) is 9.79 Å². The average Bonchev–Trinajstić information content (AvgIpc) is 2.79. The summed E-state index contributed by atoms with van der Waals surface area (Å²) in [6, 6.07) is 13.0. The van der Waals surface area contributed by atoms with Crippen LogP contribution in [0, 0.1) is 0 Å². The van der Waals surface area contributed by atoms with Crippen molar-refractivity contribution in [2.45, 2.75) is 57.2 Å². The van der Waals surface area contributed by atoms with Crippen LogP contribution < -0.4 is 10.3 Å². The Morgan fingerprint density at radius 3 is 2.50 bits per heavy atom. The zero-order chi connectivity index (χ0) is 25.1. The van der Waals surface area contributed by atoms with Crippen molar-refractivity contribution in [3.63, 3.8) is 0 Å². The van der Waals surface area contributed by atoms with Crippen LogP contribution in [0.2, 0.25) is 0 Å². The second-order valence-corrected chi connectivity index (χ2v) is 8.71. The van der Waals surface area contributed by atoms with Gasteiger partial charge in [-0.25, -0.2) is 0 Å². The Hall–Kier alpha value is -3.13. The van der Waals surface area contributed by atoms with E-state index in [4.69, 9.17) is 4.74 Å². The minimum absolute atomic E-state index is 0.211. The number of methoxy groups -OCH3 is 1. The minimum atomic E-state index is -4.95. The molecule has 2 atom stereocenters. The molecule has 0 saturated heterocycles. The van der Waals surface area contributed by atoms with Gasteiger partial charge >= 0.3 is 6.18 Å². The number of rotatable bonds is 8. The largest absolute Gasteiger partial charge is 0.496 e. The summed E-state index contributed by atoms with van der Waals surface area (Å²) in [5, 5.41) is 11.3. The molecule has 2 N–H and O–H groups in total. The summed E-state index contributed by atoms with van der Waals surface area (Å²) in [5.74, 6) is 0.105. The number of halogens is 3. The third-order valence-corrected chi connectivity index (χ3v) is 6.06. The first-order valence-electron chi connectivity index (χ1n) is 11.1. The van der Waals surface area contributed by atoms with E-state index in [9.17, 15) is 23.1 Å². The molecule has 0 amide bonds. The third kappa shape index (κ3) is 5.33. The highest BCUT2D eigenvalue weighted by atomic mass is 19.4. The van der Waals surface area contributed by atoms with Crippen LogP contribution in [0.1, 0.15) is 56.6 Å². The molecule has 0 aliphatic carbocycles. The van der Waals surface area contributed by atoms with Gasteiger partial charge in [-0.05, 0) is 60.1 Å². The standard InChI is InChI=1S/C26H29F3N2O3/c1-5-17(19-10-9-18(16(2)3)13-23(19)34-4)14-25(33,26(27,28)29)15-30-21-7-6-8-22-20(21)11-12-24(32)31-22/h6-13,15-17,33H,5,14H2,1-4H3,(H,31,32). The summed E-state index contributed by atoms with van der Waals surface area (Å²) >= 11 is 0. The highest BCUT2D eigenvalue weighted by Gasteiger charge is 2.53. The molecule has 0 saturated carbocycles. The number of H-pyrrole nitrogens is 1. The molecule has 1 aromatic heterocycles. The molecule has 0 bridgehead atoms. The SMILES string of the molecule is CCC(CC(O)(C=Nc1cccc2[nH]c(=O)ccc12)C(F)(F)F)c1ccc(C(C)C)cc1OC. The van der Waals surface area contributed by atoms with Gasteiger partial charge in [-0.15, -0.1) is 0 Å². The van der Waals surface area contributed by atoms with Crippen LogP contribution in [0.3, 0.4) is 0 Å². The Bertz CT molecular complexity index is 1230. The molecule has 0 fully saturated rings. The second kappa shape index (κ2) is 10.0. The van der Waals surface area contributed by atoms with Crippen molar-refractivity contribution in [1.82, 2.24) is 4.98 Å². The van der Waals surface area contributed by atoms with Crippen LogP contribution >= 0.6 is 0 Å². The van der Waals surface area contributed by atoms with Gasteiger partial charge in [0.25, 0.3) is 0 Å². The van der Waals surface area contributed by atoms with E-state index >= 15 is 0 Å². The third-order valence-electron chi connectivity index (χ3n) is 6.06. The van der Waals surface area contributed by atoms with E-state index in [-0.39, 0.29) is 17.2 Å². The number of ether oxygens (including phenoxy) is 1. The van der Waals surface area contributed by atoms with E-state index in [2.05, 4.69) is 9.98 Å². The maximum atomic E-state index is 14.1. The molecule has 3 aromatic rings. The van der Waals surface area contributed by atoms with Crippen LogP contribution in [0.15, 0.2) is 58.3 Å². The fraction of sp³-hybridized carbons (Fsp3) is 0.385. The Kier molecular flexibility index (Phi) is 7.51. The van der Waals surface area contributed by atoms with Gasteiger partial charge in [0.1, 0.15) is 5.75 Å². The van der Waals surface area contributed by atoms with Crippen molar-refractivity contribution in [2.24, 2.45) is 4.99 Å². The molecule has 0 aliphatic heterocycles. The van der Waals surface area contributed by atoms with Gasteiger partial charge in [0.05, 0.1) is 18.3 Å². The molecule has 2 unspecified atom stereocenters. The number of hydrogen-bond donors (Lipinski definition) is 2. The van der Waals surface area contributed by atoms with Crippen molar-refractivity contribution in [3.05, 3.63) is 70.0 Å². The van der Waals surface area contributed by atoms with Crippen LogP contribution in [0.5, 0.6) is 5.75 Å². The van der Waals surface area contributed by atoms with Crippen molar-refractivity contribution < 1.29 is 23.0 Å². The maximum Gasteiger partial charge on any atom is 0.422 e. The number of nitrogens with zero attached hydrogens (tertiary/aromatic N) is 1. The average molecular weight is 475 g/mol. The smallest absolute Gasteiger partial charge is 0.422 e. The fourth-order valence-electron chi connectivity index (χ4n) is 3.98. The van der Waals surface area contributed by atoms with Gasteiger partial charge in [-0.1, -0.05) is 39.0 Å². The molecule has 8 heteroatoms. The summed E-state index contributed by atoms with van der Waals surface area (Å²) in [4.78, 5) is 18.2. The fourth-order valence-corrected chi connectivity index (χ4v) is 3.98. The summed E-state index contributed by atoms with van der Waals surface area (Å²) in [6.07, 6.45) is -4.65. The zero-order valence-electron chi connectivity index (χ0n) is 19.6. The first kappa shape index (κ1) is 25.5. The van der Waals surface area contributed by atoms with Gasteiger partial charge < -0.3 is 14.8 Å². The van der Waals surface area contributed by atoms with Gasteiger partial charge in [0, 0.05) is 17.7 Å². The molecule has 5 nitrogen and oxygen atoms in total. The maximum absolute atomic E-state index is 14.1. The topological polar surface area (TPSA) is 74.7 Å². The number of aromatic nitrogens is 1. The lowest BCUT2D eigenvalue weighted by molar-refractivity contribution is -0.232. The van der Waals surface area contributed by atoms with Gasteiger partial charge in [0.15, 0.2) is 5.60 Å². The van der Waals surface area contributed by atoms with Gasteiger partial charge in [0.2, 0.25) is 5.56 Å². The lowest BCUT2D eigenvalue weighted by atomic mass is 9.83. The van der Waals surface area contributed by atoms with E-state index in [0.29, 0.717) is 34.9 Å². The molecule has 0 spiro atoms. The Balaban J connectivity index is 2.01. The molecular formula is C26H29F3N2O3. The highest BCUT2D eigenvalue weighted by molar-refractivity contribution is 5.91.